The Kier molecular flexibility index (Phi) is 13.2. The van der Waals surface area contributed by atoms with Gasteiger partial charge in [-0.2, -0.15) is 0 Å². The number of nitrogens with zero attached hydrogens (tertiary/aromatic N) is 2. The summed E-state index contributed by atoms with van der Waals surface area (Å²) in [6.45, 7) is 3.19. The van der Waals surface area contributed by atoms with Crippen molar-refractivity contribution in [1.82, 2.24) is 16.0 Å². The van der Waals surface area contributed by atoms with Crippen molar-refractivity contribution >= 4 is 41.1 Å². The lowest BCUT2D eigenvalue weighted by molar-refractivity contribution is -0.384. The molecule has 0 aliphatic rings. The van der Waals surface area contributed by atoms with Gasteiger partial charge < -0.3 is 37.5 Å². The number of nitro benzene ring substituents is 1. The van der Waals surface area contributed by atoms with Crippen LogP contribution in [0.3, 0.4) is 0 Å². The molecule has 0 fully saturated rings. The fraction of sp³-hybridized carbons (Fsp3) is 0.370. The molecule has 15 heteroatoms. The lowest BCUT2D eigenvalue weighted by atomic mass is 10.0. The Morgan fingerprint density at radius 2 is 1.64 bits per heavy atom. The van der Waals surface area contributed by atoms with Crippen molar-refractivity contribution in [1.29, 1.82) is 0 Å². The molecule has 2 aromatic carbocycles. The highest BCUT2D eigenvalue weighted by molar-refractivity contribution is 5.98. The largest absolute Gasteiger partial charge is 0.445 e. The molecule has 0 bridgehead atoms. The molecule has 2 aromatic rings. The number of alkyl carbamates (subject to hydrolysis) is 1. The van der Waals surface area contributed by atoms with Crippen molar-refractivity contribution in [2.24, 2.45) is 22.4 Å². The third-order valence-corrected chi connectivity index (χ3v) is 5.80. The number of nitrogens with two attached hydrogens (primary N) is 2. The van der Waals surface area contributed by atoms with E-state index in [1.165, 1.54) is 24.3 Å². The van der Waals surface area contributed by atoms with Crippen LogP contribution >= 0.6 is 0 Å². The number of carbonyl (C=O) groups excluding carboxylic acids is 4. The summed E-state index contributed by atoms with van der Waals surface area (Å²) >= 11 is 0. The summed E-state index contributed by atoms with van der Waals surface area (Å²) < 4.78 is 5.18. The number of non-ortho nitro benzene ring substituents is 1. The van der Waals surface area contributed by atoms with Gasteiger partial charge in [0.1, 0.15) is 18.7 Å². The highest BCUT2D eigenvalue weighted by Gasteiger charge is 2.26. The highest BCUT2D eigenvalue weighted by Crippen LogP contribution is 2.16. The maximum atomic E-state index is 12.9. The zero-order valence-corrected chi connectivity index (χ0v) is 23.4. The minimum Gasteiger partial charge on any atom is -0.445 e. The van der Waals surface area contributed by atoms with Crippen molar-refractivity contribution in [3.63, 3.8) is 0 Å². The number of nitrogens with one attached hydrogen (secondary N) is 4. The van der Waals surface area contributed by atoms with Crippen LogP contribution in [-0.4, -0.2) is 59.9 Å². The van der Waals surface area contributed by atoms with Gasteiger partial charge in [0, 0.05) is 24.4 Å². The minimum atomic E-state index is -1.04. The fourth-order valence-corrected chi connectivity index (χ4v) is 3.62. The van der Waals surface area contributed by atoms with E-state index in [2.05, 4.69) is 26.3 Å². The zero-order chi connectivity index (χ0) is 31.1. The normalized spacial score (nSPS) is 11.9. The molecule has 2 rings (SSSR count). The monoisotopic (exact) mass is 584 g/mol. The molecular formula is C27H36N8O7. The van der Waals surface area contributed by atoms with Crippen LogP contribution in [0, 0.1) is 16.0 Å². The summed E-state index contributed by atoms with van der Waals surface area (Å²) in [6, 6.07) is 12.2. The number of hydrogen-bond acceptors (Lipinski definition) is 8. The van der Waals surface area contributed by atoms with Gasteiger partial charge in [-0.05, 0) is 36.5 Å². The van der Waals surface area contributed by atoms with Crippen molar-refractivity contribution in [3.05, 3.63) is 70.3 Å². The first-order valence-electron chi connectivity index (χ1n) is 13.1. The first-order chi connectivity index (χ1) is 20.0. The Balaban J connectivity index is 1.95. The molecule has 0 aliphatic carbocycles. The number of rotatable bonds is 15. The van der Waals surface area contributed by atoms with E-state index in [4.69, 9.17) is 16.2 Å². The van der Waals surface area contributed by atoms with E-state index >= 15 is 0 Å². The second-order valence-corrected chi connectivity index (χ2v) is 9.51. The predicted octanol–water partition coefficient (Wildman–Crippen LogP) is 1.14. The van der Waals surface area contributed by atoms with Crippen LogP contribution in [0.2, 0.25) is 0 Å². The summed E-state index contributed by atoms with van der Waals surface area (Å²) in [5.41, 5.74) is 11.6. The lowest BCUT2D eigenvalue weighted by Crippen LogP contribution is -2.53. The number of benzene rings is 2. The van der Waals surface area contributed by atoms with Gasteiger partial charge >= 0.3 is 6.09 Å². The standard InChI is InChI=1S/C27H36N8O7/c1-17(2)23(34-27(39)42-16-18-7-4-3-5-8-18)25(38)31-15-22(36)33-21(9-6-14-30-26(28)29)24(37)32-19-10-12-20(13-11-19)35(40)41/h3-5,7-8,10-13,17,21,23H,6,9,14-16H2,1-2H3,(H,31,38)(H,32,37)(H,33,36)(H,34,39)(H4,28,29,30)/t21-,23-/m1/s1. The van der Waals surface area contributed by atoms with Gasteiger partial charge in [-0.15, -0.1) is 0 Å². The molecule has 0 radical (unpaired) electrons. The summed E-state index contributed by atoms with van der Waals surface area (Å²) in [6.07, 6.45) is -0.299. The van der Waals surface area contributed by atoms with Gasteiger partial charge in [0.05, 0.1) is 11.5 Å². The van der Waals surface area contributed by atoms with E-state index in [-0.39, 0.29) is 42.8 Å². The third kappa shape index (κ3) is 11.9. The number of anilines is 1. The number of amides is 4. The second-order valence-electron chi connectivity index (χ2n) is 9.51. The number of aliphatic imine (C=N–C) groups is 1. The molecule has 0 saturated heterocycles. The molecule has 0 heterocycles. The number of carbonyl (C=O) groups is 4. The van der Waals surface area contributed by atoms with Crippen LogP contribution in [0.1, 0.15) is 32.3 Å². The van der Waals surface area contributed by atoms with Crippen LogP contribution in [0.5, 0.6) is 0 Å². The van der Waals surface area contributed by atoms with E-state index in [9.17, 15) is 29.3 Å². The van der Waals surface area contributed by atoms with E-state index in [1.54, 1.807) is 38.1 Å². The number of guanidine groups is 1. The smallest absolute Gasteiger partial charge is 0.408 e. The summed E-state index contributed by atoms with van der Waals surface area (Å²) in [7, 11) is 0. The van der Waals surface area contributed by atoms with E-state index in [0.29, 0.717) is 6.42 Å². The zero-order valence-electron chi connectivity index (χ0n) is 23.4. The molecule has 0 spiro atoms. The maximum Gasteiger partial charge on any atom is 0.408 e. The Bertz CT molecular complexity index is 1250. The molecule has 2 atom stereocenters. The molecule has 15 nitrogen and oxygen atoms in total. The maximum absolute atomic E-state index is 12.9. The Hall–Kier alpha value is -5.21. The average Bonchev–Trinajstić information content (AvgIpc) is 2.95. The van der Waals surface area contributed by atoms with Crippen molar-refractivity contribution in [2.45, 2.75) is 45.4 Å². The van der Waals surface area contributed by atoms with Crippen molar-refractivity contribution < 1.29 is 28.8 Å². The molecule has 226 valence electrons. The molecule has 0 aliphatic heterocycles. The molecule has 0 saturated carbocycles. The third-order valence-electron chi connectivity index (χ3n) is 5.80. The van der Waals surface area contributed by atoms with Gasteiger partial charge in [0.2, 0.25) is 17.7 Å². The minimum absolute atomic E-state index is 0.0218. The Morgan fingerprint density at radius 1 is 0.976 bits per heavy atom. The Labute approximate surface area is 242 Å². The first kappa shape index (κ1) is 33.0. The molecule has 42 heavy (non-hydrogen) atoms. The van der Waals surface area contributed by atoms with Crippen LogP contribution < -0.4 is 32.7 Å². The molecule has 0 aromatic heterocycles. The quantitative estimate of drug-likeness (QED) is 0.0578. The predicted molar refractivity (Wildman–Crippen MR) is 155 cm³/mol. The van der Waals surface area contributed by atoms with Crippen LogP contribution in [-0.2, 0) is 25.7 Å². The molecular weight excluding hydrogens is 548 g/mol. The van der Waals surface area contributed by atoms with E-state index in [0.717, 1.165) is 5.56 Å². The van der Waals surface area contributed by atoms with Gasteiger partial charge in [-0.3, -0.25) is 29.5 Å². The first-order valence-corrected chi connectivity index (χ1v) is 13.1. The van der Waals surface area contributed by atoms with Crippen molar-refractivity contribution in [3.8, 4) is 0 Å². The van der Waals surface area contributed by atoms with Crippen LogP contribution in [0.25, 0.3) is 0 Å². The average molecular weight is 585 g/mol. The number of nitro groups is 1. The molecule has 8 N–H and O–H groups in total. The van der Waals surface area contributed by atoms with Crippen LogP contribution in [0.15, 0.2) is 59.6 Å². The highest BCUT2D eigenvalue weighted by atomic mass is 16.6. The molecule has 4 amide bonds. The summed E-state index contributed by atoms with van der Waals surface area (Å²) in [5, 5.41) is 21.0. The summed E-state index contributed by atoms with van der Waals surface area (Å²) in [5.74, 6) is -2.31. The number of ether oxygens (including phenoxy) is 1. The SMILES string of the molecule is CC(C)[C@@H](NC(=O)OCc1ccccc1)C(=O)NCC(=O)N[C@H](CCCN=C(N)N)C(=O)Nc1ccc([N+](=O)[O-])cc1. The van der Waals surface area contributed by atoms with Crippen molar-refractivity contribution in [2.75, 3.05) is 18.4 Å². The second kappa shape index (κ2) is 16.8. The fourth-order valence-electron chi connectivity index (χ4n) is 3.62. The van der Waals surface area contributed by atoms with Gasteiger partial charge in [0.15, 0.2) is 5.96 Å². The van der Waals surface area contributed by atoms with Gasteiger partial charge in [0.25, 0.3) is 5.69 Å². The van der Waals surface area contributed by atoms with E-state index < -0.39 is 47.4 Å². The number of hydrogen-bond donors (Lipinski definition) is 6. The Morgan fingerprint density at radius 3 is 2.24 bits per heavy atom. The molecule has 0 unspecified atom stereocenters. The lowest BCUT2D eigenvalue weighted by Gasteiger charge is -2.22. The summed E-state index contributed by atoms with van der Waals surface area (Å²) in [4.78, 5) is 64.8. The van der Waals surface area contributed by atoms with Gasteiger partial charge in [-0.1, -0.05) is 44.2 Å². The van der Waals surface area contributed by atoms with Crippen LogP contribution in [0.4, 0.5) is 16.2 Å². The topological polar surface area (TPSA) is 233 Å². The van der Waals surface area contributed by atoms with Gasteiger partial charge in [-0.25, -0.2) is 4.79 Å². The van der Waals surface area contributed by atoms with E-state index in [1.807, 2.05) is 6.07 Å².